The van der Waals surface area contributed by atoms with Crippen molar-refractivity contribution in [2.24, 2.45) is 0 Å². The number of fused-ring (bicyclic) bond motifs is 1. The zero-order chi connectivity index (χ0) is 11.7. The normalized spacial score (nSPS) is 21.8. The van der Waals surface area contributed by atoms with E-state index in [4.69, 9.17) is 0 Å². The van der Waals surface area contributed by atoms with Crippen LogP contribution in [0.15, 0.2) is 23.5 Å². The van der Waals surface area contributed by atoms with Crippen LogP contribution >= 0.6 is 11.8 Å². The summed E-state index contributed by atoms with van der Waals surface area (Å²) in [5, 5.41) is 7.03. The lowest BCUT2D eigenvalue weighted by Crippen LogP contribution is -2.40. The molecule has 2 aliphatic heterocycles. The van der Waals surface area contributed by atoms with Crippen molar-refractivity contribution in [3.63, 3.8) is 0 Å². The number of rotatable bonds is 3. The molecule has 1 aromatic heterocycles. The first kappa shape index (κ1) is 10.9. The third kappa shape index (κ3) is 2.23. The Kier molecular flexibility index (Phi) is 2.90. The fourth-order valence-electron chi connectivity index (χ4n) is 1.98. The van der Waals surface area contributed by atoms with Gasteiger partial charge in [-0.1, -0.05) is 23.9 Å². The Morgan fingerprint density at radius 3 is 3.41 bits per heavy atom. The number of nitrogens with one attached hydrogen (secondary N) is 2. The number of aromatic nitrogens is 2. The predicted molar refractivity (Wildman–Crippen MR) is 65.7 cm³/mol. The number of carbonyl (C=O) groups excluding carboxylic acids is 1. The fraction of sp³-hybridized carbons (Fsp3) is 0.455. The van der Waals surface area contributed by atoms with Gasteiger partial charge in [-0.3, -0.25) is 10.1 Å². The molecule has 1 amide bonds. The van der Waals surface area contributed by atoms with E-state index in [1.54, 1.807) is 11.8 Å². The molecule has 0 saturated heterocycles. The van der Waals surface area contributed by atoms with Crippen molar-refractivity contribution in [3.05, 3.63) is 24.0 Å². The first-order valence-corrected chi connectivity index (χ1v) is 6.68. The molecule has 0 radical (unpaired) electrons. The molecule has 1 aromatic rings. The summed E-state index contributed by atoms with van der Waals surface area (Å²) in [7, 11) is 0. The summed E-state index contributed by atoms with van der Waals surface area (Å²) in [5.74, 6) is 1.12. The molecule has 6 heteroatoms. The molecule has 17 heavy (non-hydrogen) atoms. The summed E-state index contributed by atoms with van der Waals surface area (Å²) in [6, 6.07) is -0.182. The molecule has 0 saturated carbocycles. The van der Waals surface area contributed by atoms with Gasteiger partial charge in [-0.05, 0) is 0 Å². The third-order valence-corrected chi connectivity index (χ3v) is 3.83. The highest BCUT2D eigenvalue weighted by Gasteiger charge is 2.18. The van der Waals surface area contributed by atoms with E-state index >= 15 is 0 Å². The van der Waals surface area contributed by atoms with Crippen LogP contribution in [-0.4, -0.2) is 33.8 Å². The molecule has 0 aromatic carbocycles. The van der Waals surface area contributed by atoms with Gasteiger partial charge in [0, 0.05) is 25.0 Å². The Morgan fingerprint density at radius 2 is 2.65 bits per heavy atom. The highest BCUT2D eigenvalue weighted by Crippen LogP contribution is 2.24. The minimum Gasteiger partial charge on any atom is -0.349 e. The van der Waals surface area contributed by atoms with E-state index in [9.17, 15) is 4.79 Å². The lowest BCUT2D eigenvalue weighted by Gasteiger charge is -2.08. The molecule has 0 spiro atoms. The van der Waals surface area contributed by atoms with Crippen LogP contribution in [0.5, 0.6) is 0 Å². The van der Waals surface area contributed by atoms with Crippen molar-refractivity contribution < 1.29 is 4.79 Å². The molecule has 3 heterocycles. The van der Waals surface area contributed by atoms with Gasteiger partial charge in [-0.15, -0.1) is 0 Å². The molecule has 5 nitrogen and oxygen atoms in total. The largest absolute Gasteiger partial charge is 0.349 e. The van der Waals surface area contributed by atoms with Crippen LogP contribution in [0.1, 0.15) is 5.69 Å². The molecule has 0 fully saturated rings. The summed E-state index contributed by atoms with van der Waals surface area (Å²) in [6.45, 7) is 2.30. The first-order valence-electron chi connectivity index (χ1n) is 5.69. The summed E-state index contributed by atoms with van der Waals surface area (Å²) in [5.41, 5.74) is 0.933. The Labute approximate surface area is 104 Å². The Morgan fingerprint density at radius 1 is 1.71 bits per heavy atom. The van der Waals surface area contributed by atoms with Crippen molar-refractivity contribution in [2.75, 3.05) is 12.3 Å². The van der Waals surface area contributed by atoms with Crippen LogP contribution in [-0.2, 0) is 17.9 Å². The number of aryl methyl sites for hydroxylation is 1. The van der Waals surface area contributed by atoms with Gasteiger partial charge in [-0.2, -0.15) is 0 Å². The molecule has 3 rings (SSSR count). The maximum absolute atomic E-state index is 11.7. The van der Waals surface area contributed by atoms with E-state index in [2.05, 4.69) is 20.2 Å². The summed E-state index contributed by atoms with van der Waals surface area (Å²) < 4.78 is 2.14. The molecule has 90 valence electrons. The van der Waals surface area contributed by atoms with Gasteiger partial charge in [-0.25, -0.2) is 4.98 Å². The summed E-state index contributed by atoms with van der Waals surface area (Å²) in [6.07, 6.45) is 5.87. The van der Waals surface area contributed by atoms with E-state index in [0.717, 1.165) is 29.7 Å². The van der Waals surface area contributed by atoms with Gasteiger partial charge in [0.15, 0.2) is 5.16 Å². The van der Waals surface area contributed by atoms with Crippen molar-refractivity contribution in [1.29, 1.82) is 0 Å². The van der Waals surface area contributed by atoms with Crippen molar-refractivity contribution in [1.82, 2.24) is 20.2 Å². The number of thioether (sulfide) groups is 1. The van der Waals surface area contributed by atoms with Crippen molar-refractivity contribution in [3.8, 4) is 0 Å². The molecule has 0 unspecified atom stereocenters. The predicted octanol–water partition coefficient (Wildman–Crippen LogP) is 0.133. The number of carbonyl (C=O) groups is 1. The minimum atomic E-state index is -0.182. The van der Waals surface area contributed by atoms with Crippen LogP contribution in [0.4, 0.5) is 0 Å². The van der Waals surface area contributed by atoms with Gasteiger partial charge in [0.25, 0.3) is 0 Å². The lowest BCUT2D eigenvalue weighted by molar-refractivity contribution is -0.122. The average Bonchev–Trinajstić information content (AvgIpc) is 3.01. The maximum Gasteiger partial charge on any atom is 0.241 e. The van der Waals surface area contributed by atoms with E-state index in [0.29, 0.717) is 6.54 Å². The zero-order valence-corrected chi connectivity index (χ0v) is 10.2. The molecule has 1 atom stereocenters. The van der Waals surface area contributed by atoms with Crippen LogP contribution in [0, 0.1) is 0 Å². The topological polar surface area (TPSA) is 59.0 Å². The second kappa shape index (κ2) is 4.54. The SMILES string of the molecule is O=C(NCc1cn2c(n1)SCC2)[C@H]1C=CCN1. The second-order valence-electron chi connectivity index (χ2n) is 4.09. The molecule has 0 bridgehead atoms. The van der Waals surface area contributed by atoms with E-state index in [1.165, 1.54) is 0 Å². The fourth-order valence-corrected chi connectivity index (χ4v) is 2.94. The van der Waals surface area contributed by atoms with E-state index < -0.39 is 0 Å². The van der Waals surface area contributed by atoms with E-state index in [-0.39, 0.29) is 11.9 Å². The zero-order valence-electron chi connectivity index (χ0n) is 9.35. The van der Waals surface area contributed by atoms with Gasteiger partial charge in [0.05, 0.1) is 12.2 Å². The minimum absolute atomic E-state index is 0.0135. The number of amides is 1. The Hall–Kier alpha value is -1.27. The van der Waals surface area contributed by atoms with Gasteiger partial charge >= 0.3 is 0 Å². The smallest absolute Gasteiger partial charge is 0.241 e. The number of hydrogen-bond donors (Lipinski definition) is 2. The van der Waals surface area contributed by atoms with Crippen molar-refractivity contribution in [2.45, 2.75) is 24.3 Å². The van der Waals surface area contributed by atoms with Crippen LogP contribution in [0.3, 0.4) is 0 Å². The molecule has 2 N–H and O–H groups in total. The van der Waals surface area contributed by atoms with Crippen molar-refractivity contribution >= 4 is 17.7 Å². The quantitative estimate of drug-likeness (QED) is 0.749. The Bertz CT molecular complexity index is 447. The highest BCUT2D eigenvalue weighted by atomic mass is 32.2. The van der Waals surface area contributed by atoms with Gasteiger partial charge in [0.1, 0.15) is 6.04 Å². The second-order valence-corrected chi connectivity index (χ2v) is 5.15. The van der Waals surface area contributed by atoms with Crippen LogP contribution < -0.4 is 10.6 Å². The standard InChI is InChI=1S/C11H14N4OS/c16-10(9-2-1-3-12-9)13-6-8-7-15-4-5-17-11(15)14-8/h1-2,7,9,12H,3-6H2,(H,13,16)/t9-/m1/s1. The van der Waals surface area contributed by atoms with Crippen LogP contribution in [0.25, 0.3) is 0 Å². The molecule has 2 aliphatic rings. The molecule has 0 aliphatic carbocycles. The number of nitrogens with zero attached hydrogens (tertiary/aromatic N) is 2. The average molecular weight is 250 g/mol. The summed E-state index contributed by atoms with van der Waals surface area (Å²) >= 11 is 1.76. The van der Waals surface area contributed by atoms with Crippen LogP contribution in [0.2, 0.25) is 0 Å². The highest BCUT2D eigenvalue weighted by molar-refractivity contribution is 7.99. The van der Waals surface area contributed by atoms with E-state index in [1.807, 2.05) is 18.3 Å². The summed E-state index contributed by atoms with van der Waals surface area (Å²) in [4.78, 5) is 16.2. The van der Waals surface area contributed by atoms with Gasteiger partial charge in [0.2, 0.25) is 5.91 Å². The first-order chi connectivity index (χ1) is 8.33. The monoisotopic (exact) mass is 250 g/mol. The van der Waals surface area contributed by atoms with Gasteiger partial charge < -0.3 is 9.88 Å². The number of imidazole rings is 1. The molecular formula is C11H14N4OS. The maximum atomic E-state index is 11.7. The molecular weight excluding hydrogens is 236 g/mol. The third-order valence-electron chi connectivity index (χ3n) is 2.86. The lowest BCUT2D eigenvalue weighted by atomic mass is 10.3. The Balaban J connectivity index is 1.56. The number of hydrogen-bond acceptors (Lipinski definition) is 4.